The highest BCUT2D eigenvalue weighted by Crippen LogP contribution is 2.09. The standard InChI is InChI=1S/C12H23N3/c1-5-10(13-3)7-8-12-9-11(6-2)14-15(12)4/h9-10,13H,5-8H2,1-4H3. The Morgan fingerprint density at radius 1 is 1.47 bits per heavy atom. The maximum Gasteiger partial charge on any atom is 0.0624 e. The molecule has 3 heteroatoms. The van der Waals surface area contributed by atoms with E-state index in [0.717, 1.165) is 12.8 Å². The van der Waals surface area contributed by atoms with Crippen LogP contribution < -0.4 is 5.32 Å². The fourth-order valence-corrected chi connectivity index (χ4v) is 1.85. The van der Waals surface area contributed by atoms with Crippen molar-refractivity contribution >= 4 is 0 Å². The summed E-state index contributed by atoms with van der Waals surface area (Å²) < 4.78 is 2.02. The molecule has 1 rings (SSSR count). The van der Waals surface area contributed by atoms with Crippen LogP contribution in [0.1, 0.15) is 38.1 Å². The number of nitrogens with one attached hydrogen (secondary N) is 1. The van der Waals surface area contributed by atoms with Crippen LogP contribution in [0.25, 0.3) is 0 Å². The van der Waals surface area contributed by atoms with Crippen molar-refractivity contribution in [3.05, 3.63) is 17.5 Å². The van der Waals surface area contributed by atoms with Crippen LogP contribution in [-0.4, -0.2) is 22.9 Å². The predicted octanol–water partition coefficient (Wildman–Crippen LogP) is 1.91. The Labute approximate surface area is 92.9 Å². The second kappa shape index (κ2) is 5.91. The van der Waals surface area contributed by atoms with E-state index in [-0.39, 0.29) is 0 Å². The highest BCUT2D eigenvalue weighted by atomic mass is 15.3. The molecule has 0 saturated heterocycles. The maximum absolute atomic E-state index is 4.45. The summed E-state index contributed by atoms with van der Waals surface area (Å²) in [6.45, 7) is 4.37. The fraction of sp³-hybridized carbons (Fsp3) is 0.750. The van der Waals surface area contributed by atoms with E-state index in [0.29, 0.717) is 6.04 Å². The lowest BCUT2D eigenvalue weighted by atomic mass is 10.1. The normalized spacial score (nSPS) is 13.1. The summed E-state index contributed by atoms with van der Waals surface area (Å²) in [5.74, 6) is 0. The molecule has 1 aromatic heterocycles. The van der Waals surface area contributed by atoms with Crippen molar-refractivity contribution in [1.29, 1.82) is 0 Å². The van der Waals surface area contributed by atoms with E-state index < -0.39 is 0 Å². The van der Waals surface area contributed by atoms with Crippen LogP contribution in [0.3, 0.4) is 0 Å². The molecule has 0 fully saturated rings. The molecule has 1 heterocycles. The molecule has 86 valence electrons. The zero-order valence-corrected chi connectivity index (χ0v) is 10.4. The van der Waals surface area contributed by atoms with Crippen molar-refractivity contribution in [3.63, 3.8) is 0 Å². The summed E-state index contributed by atoms with van der Waals surface area (Å²) in [5.41, 5.74) is 2.55. The molecule has 1 aromatic rings. The Morgan fingerprint density at radius 2 is 2.20 bits per heavy atom. The van der Waals surface area contributed by atoms with Crippen molar-refractivity contribution in [2.24, 2.45) is 7.05 Å². The monoisotopic (exact) mass is 209 g/mol. The third-order valence-electron chi connectivity index (χ3n) is 3.04. The Hall–Kier alpha value is -0.830. The predicted molar refractivity (Wildman–Crippen MR) is 64.0 cm³/mol. The lowest BCUT2D eigenvalue weighted by Crippen LogP contribution is -2.24. The van der Waals surface area contributed by atoms with Crippen molar-refractivity contribution in [3.8, 4) is 0 Å². The summed E-state index contributed by atoms with van der Waals surface area (Å²) >= 11 is 0. The molecule has 0 aliphatic rings. The molecular weight excluding hydrogens is 186 g/mol. The summed E-state index contributed by atoms with van der Waals surface area (Å²) in [7, 11) is 4.07. The van der Waals surface area contributed by atoms with Gasteiger partial charge in [-0.05, 0) is 38.8 Å². The van der Waals surface area contributed by atoms with Crippen molar-refractivity contribution in [1.82, 2.24) is 15.1 Å². The Balaban J connectivity index is 2.52. The number of hydrogen-bond donors (Lipinski definition) is 1. The topological polar surface area (TPSA) is 29.9 Å². The van der Waals surface area contributed by atoms with Gasteiger partial charge in [-0.3, -0.25) is 4.68 Å². The van der Waals surface area contributed by atoms with Gasteiger partial charge in [-0.15, -0.1) is 0 Å². The van der Waals surface area contributed by atoms with E-state index in [2.05, 4.69) is 30.3 Å². The zero-order valence-electron chi connectivity index (χ0n) is 10.4. The minimum atomic E-state index is 0.630. The lowest BCUT2D eigenvalue weighted by molar-refractivity contribution is 0.500. The molecule has 0 aliphatic heterocycles. The van der Waals surface area contributed by atoms with Crippen LogP contribution in [0.5, 0.6) is 0 Å². The minimum Gasteiger partial charge on any atom is -0.317 e. The van der Waals surface area contributed by atoms with Gasteiger partial charge >= 0.3 is 0 Å². The van der Waals surface area contributed by atoms with E-state index in [1.807, 2.05) is 18.8 Å². The molecule has 0 spiro atoms. The maximum atomic E-state index is 4.45. The molecule has 0 aliphatic carbocycles. The quantitative estimate of drug-likeness (QED) is 0.775. The average molecular weight is 209 g/mol. The molecule has 1 atom stereocenters. The van der Waals surface area contributed by atoms with E-state index >= 15 is 0 Å². The zero-order chi connectivity index (χ0) is 11.3. The van der Waals surface area contributed by atoms with Gasteiger partial charge in [0.2, 0.25) is 0 Å². The van der Waals surface area contributed by atoms with Crippen molar-refractivity contribution in [2.45, 2.75) is 45.6 Å². The Bertz CT molecular complexity index is 287. The third-order valence-corrected chi connectivity index (χ3v) is 3.04. The van der Waals surface area contributed by atoms with Gasteiger partial charge in [0, 0.05) is 18.8 Å². The molecule has 0 aromatic carbocycles. The highest BCUT2D eigenvalue weighted by molar-refractivity contribution is 5.10. The summed E-state index contributed by atoms with van der Waals surface area (Å²) in [4.78, 5) is 0. The molecule has 0 radical (unpaired) electrons. The van der Waals surface area contributed by atoms with Gasteiger partial charge in [0.15, 0.2) is 0 Å². The van der Waals surface area contributed by atoms with E-state index in [4.69, 9.17) is 0 Å². The first-order valence-corrected chi connectivity index (χ1v) is 5.90. The number of nitrogens with zero attached hydrogens (tertiary/aromatic N) is 2. The molecule has 1 unspecified atom stereocenters. The number of hydrogen-bond acceptors (Lipinski definition) is 2. The van der Waals surface area contributed by atoms with Gasteiger partial charge in [0.1, 0.15) is 0 Å². The number of aryl methyl sites for hydroxylation is 3. The number of aromatic nitrogens is 2. The lowest BCUT2D eigenvalue weighted by Gasteiger charge is -2.12. The first-order chi connectivity index (χ1) is 7.21. The highest BCUT2D eigenvalue weighted by Gasteiger charge is 2.07. The Morgan fingerprint density at radius 3 is 2.67 bits per heavy atom. The van der Waals surface area contributed by atoms with Crippen LogP contribution in [0.4, 0.5) is 0 Å². The van der Waals surface area contributed by atoms with Crippen molar-refractivity contribution in [2.75, 3.05) is 7.05 Å². The molecule has 1 N–H and O–H groups in total. The Kier molecular flexibility index (Phi) is 4.82. The second-order valence-corrected chi connectivity index (χ2v) is 4.04. The molecular formula is C12H23N3. The first-order valence-electron chi connectivity index (χ1n) is 5.90. The third kappa shape index (κ3) is 3.34. The summed E-state index contributed by atoms with van der Waals surface area (Å²) in [6, 6.07) is 2.85. The van der Waals surface area contributed by atoms with Crippen LogP contribution >= 0.6 is 0 Å². The minimum absolute atomic E-state index is 0.630. The summed E-state index contributed by atoms with van der Waals surface area (Å²) in [6.07, 6.45) is 4.52. The van der Waals surface area contributed by atoms with Crippen LogP contribution in [0, 0.1) is 0 Å². The summed E-state index contributed by atoms with van der Waals surface area (Å²) in [5, 5.41) is 7.79. The molecule has 0 amide bonds. The second-order valence-electron chi connectivity index (χ2n) is 4.04. The van der Waals surface area contributed by atoms with E-state index in [9.17, 15) is 0 Å². The van der Waals surface area contributed by atoms with Crippen molar-refractivity contribution < 1.29 is 0 Å². The van der Waals surface area contributed by atoms with E-state index in [1.54, 1.807) is 0 Å². The fourth-order valence-electron chi connectivity index (χ4n) is 1.85. The van der Waals surface area contributed by atoms with Gasteiger partial charge in [-0.1, -0.05) is 13.8 Å². The van der Waals surface area contributed by atoms with Crippen LogP contribution in [0.15, 0.2) is 6.07 Å². The molecule has 15 heavy (non-hydrogen) atoms. The van der Waals surface area contributed by atoms with Gasteiger partial charge in [-0.25, -0.2) is 0 Å². The van der Waals surface area contributed by atoms with E-state index in [1.165, 1.54) is 24.2 Å². The van der Waals surface area contributed by atoms with Gasteiger partial charge in [0.05, 0.1) is 5.69 Å². The van der Waals surface area contributed by atoms with Gasteiger partial charge < -0.3 is 5.32 Å². The largest absolute Gasteiger partial charge is 0.317 e. The number of rotatable bonds is 6. The average Bonchev–Trinajstić information content (AvgIpc) is 2.61. The van der Waals surface area contributed by atoms with Crippen LogP contribution in [0.2, 0.25) is 0 Å². The molecule has 0 saturated carbocycles. The molecule has 3 nitrogen and oxygen atoms in total. The molecule has 0 bridgehead atoms. The van der Waals surface area contributed by atoms with Gasteiger partial charge in [-0.2, -0.15) is 5.10 Å². The van der Waals surface area contributed by atoms with Crippen LogP contribution in [-0.2, 0) is 19.9 Å². The smallest absolute Gasteiger partial charge is 0.0624 e. The SMILES string of the molecule is CCc1cc(CCC(CC)NC)n(C)n1. The first kappa shape index (κ1) is 12.2. The van der Waals surface area contributed by atoms with Gasteiger partial charge in [0.25, 0.3) is 0 Å².